The molecule has 0 saturated heterocycles. The monoisotopic (exact) mass is 2090 g/mol. The number of fused-ring (bicyclic) bond motifs is 28. The van der Waals surface area contributed by atoms with Crippen molar-refractivity contribution in [1.29, 1.82) is 0 Å². The predicted octanol–water partition coefficient (Wildman–Crippen LogP) is 29.1. The van der Waals surface area contributed by atoms with Gasteiger partial charge in [0.2, 0.25) is 5.91 Å². The van der Waals surface area contributed by atoms with Crippen LogP contribution in [-0.2, 0) is 30.5 Å². The Morgan fingerprint density at radius 1 is 0.323 bits per heavy atom. The number of anilines is 2. The van der Waals surface area contributed by atoms with E-state index in [4.69, 9.17) is 31.4 Å². The molecule has 18 aromatic carbocycles. The van der Waals surface area contributed by atoms with Crippen LogP contribution in [0.25, 0.3) is 152 Å². The van der Waals surface area contributed by atoms with E-state index >= 15 is 0 Å². The number of nitrogens with two attached hydrogens (primary N) is 2. The quantitative estimate of drug-likeness (QED) is 0.0453. The third-order valence-corrected chi connectivity index (χ3v) is 28.2. The van der Waals surface area contributed by atoms with Crippen molar-refractivity contribution >= 4 is 283 Å². The number of H-pyrrole nitrogens is 4. The molecule has 0 atom stereocenters. The van der Waals surface area contributed by atoms with Crippen molar-refractivity contribution in [3.05, 3.63) is 386 Å². The van der Waals surface area contributed by atoms with Crippen LogP contribution in [0.4, 0.5) is 34.1 Å². The van der Waals surface area contributed by atoms with Gasteiger partial charge in [0.15, 0.2) is 0 Å². The topological polar surface area (TPSA) is 194 Å². The third-order valence-electron chi connectivity index (χ3n) is 25.5. The van der Waals surface area contributed by atoms with Gasteiger partial charge in [-0.3, -0.25) is 24.8 Å². The lowest BCUT2D eigenvalue weighted by molar-refractivity contribution is -0.114. The predicted molar refractivity (Wildman–Crippen MR) is 567 cm³/mol. The number of amides is 1. The summed E-state index contributed by atoms with van der Waals surface area (Å²) >= 11 is 9.61. The number of carbonyl (C=O) groups excluding carboxylic acids is 1. The Morgan fingerprint density at radius 3 is 1.13 bits per heavy atom. The van der Waals surface area contributed by atoms with Gasteiger partial charge in [-0.1, -0.05) is 218 Å². The first kappa shape index (κ1) is 78.7. The molecule has 22 aromatic rings. The van der Waals surface area contributed by atoms with Crippen LogP contribution in [0, 0.1) is 21.2 Å². The Kier molecular flexibility index (Phi) is 19.9. The van der Waals surface area contributed by atoms with Gasteiger partial charge in [0.25, 0.3) is 0 Å². The van der Waals surface area contributed by atoms with Crippen molar-refractivity contribution in [2.24, 2.45) is 25.7 Å². The number of hydrogen-bond donors (Lipinski definition) is 7. The average Bonchev–Trinajstić information content (AvgIpc) is 1.62. The second-order valence-electron chi connectivity index (χ2n) is 32.9. The van der Waals surface area contributed by atoms with Crippen molar-refractivity contribution in [3.63, 3.8) is 0 Å². The number of hydrogen-bond acceptors (Lipinski definition) is 7. The summed E-state index contributed by atoms with van der Waals surface area (Å²) in [5, 5.41) is 27.6. The first-order valence-electron chi connectivity index (χ1n) is 42.4. The lowest BCUT2D eigenvalue weighted by Crippen LogP contribution is -2.21. The first-order chi connectivity index (χ1) is 62.3. The van der Waals surface area contributed by atoms with E-state index in [1.54, 1.807) is 0 Å². The molecular formula is C111H75I4N11O. The highest BCUT2D eigenvalue weighted by Gasteiger charge is 2.32. The molecule has 0 fully saturated rings. The van der Waals surface area contributed by atoms with E-state index in [1.165, 1.54) is 157 Å². The van der Waals surface area contributed by atoms with Gasteiger partial charge < -0.3 is 36.7 Å². The fourth-order valence-electron chi connectivity index (χ4n) is 19.9. The number of rotatable bonds is 8. The van der Waals surface area contributed by atoms with E-state index in [9.17, 15) is 4.79 Å². The second kappa shape index (κ2) is 32.2. The molecule has 0 aliphatic carbocycles. The van der Waals surface area contributed by atoms with Crippen LogP contribution < -0.4 is 16.8 Å². The summed E-state index contributed by atoms with van der Waals surface area (Å²) < 4.78 is 5.01. The van der Waals surface area contributed by atoms with Gasteiger partial charge in [0.05, 0.1) is 63.5 Å². The van der Waals surface area contributed by atoms with Crippen LogP contribution >= 0.6 is 90.4 Å². The molecule has 0 spiro atoms. The van der Waals surface area contributed by atoms with Crippen LogP contribution in [0.15, 0.2) is 342 Å². The number of aromatic amines is 4. The number of nitrogens with one attached hydrogen (secondary N) is 5. The molecule has 8 heterocycles. The minimum Gasteiger partial charge on any atom is -0.399 e. The van der Waals surface area contributed by atoms with Gasteiger partial charge in [-0.15, -0.1) is 0 Å². The van der Waals surface area contributed by atoms with Gasteiger partial charge in [0.1, 0.15) is 0 Å². The zero-order valence-corrected chi connectivity index (χ0v) is 77.1. The van der Waals surface area contributed by atoms with Gasteiger partial charge in [-0.2, -0.15) is 0 Å². The largest absolute Gasteiger partial charge is 0.399 e. The summed E-state index contributed by atoms with van der Waals surface area (Å²) in [6.07, 6.45) is 5.33. The third kappa shape index (κ3) is 13.8. The summed E-state index contributed by atoms with van der Waals surface area (Å²) in [5.74, 6) is -0.208. The highest BCUT2D eigenvalue weighted by Crippen LogP contribution is 2.51. The number of benzene rings is 18. The van der Waals surface area contributed by atoms with E-state index < -0.39 is 0 Å². The van der Waals surface area contributed by atoms with Crippen molar-refractivity contribution < 1.29 is 4.79 Å². The molecule has 12 nitrogen and oxygen atoms in total. The highest BCUT2D eigenvalue weighted by atomic mass is 127. The summed E-state index contributed by atoms with van der Waals surface area (Å²) in [4.78, 5) is 47.3. The lowest BCUT2D eigenvalue weighted by atomic mass is 9.92. The fourth-order valence-corrected chi connectivity index (χ4v) is 21.9. The summed E-state index contributed by atoms with van der Waals surface area (Å²) in [7, 11) is 0. The smallest absolute Gasteiger partial charge is 0.238 e. The summed E-state index contributed by atoms with van der Waals surface area (Å²) in [6.45, 7) is 2.10. The molecule has 0 bridgehead atoms. The summed E-state index contributed by atoms with van der Waals surface area (Å²) in [6, 6.07) is 111. The number of nitrogen functional groups attached to an aromatic ring is 1. The molecular weight excluding hydrogens is 2010 g/mol. The van der Waals surface area contributed by atoms with Gasteiger partial charge in [-0.25, -0.2) is 0 Å². The molecule has 0 unspecified atom stereocenters. The van der Waals surface area contributed by atoms with E-state index in [2.05, 4.69) is 426 Å². The fraction of sp³-hybridized carbons (Fsp3) is 0.0541. The maximum absolute atomic E-state index is 12.0. The highest BCUT2D eigenvalue weighted by molar-refractivity contribution is 14.1. The first-order valence-corrected chi connectivity index (χ1v) is 46.7. The van der Waals surface area contributed by atoms with Gasteiger partial charge in [-0.05, 0) is 292 Å². The van der Waals surface area contributed by atoms with Crippen LogP contribution in [0.3, 0.4) is 0 Å². The van der Waals surface area contributed by atoms with Crippen molar-refractivity contribution in [2.45, 2.75) is 32.6 Å². The van der Waals surface area contributed by atoms with E-state index in [-0.39, 0.29) is 12.5 Å². The van der Waals surface area contributed by atoms with Gasteiger partial charge >= 0.3 is 0 Å². The lowest BCUT2D eigenvalue weighted by Gasteiger charge is -2.12. The standard InChI is InChI=1S/C32H24N4O.C30H21N3.C25H16I2N2.C24H14I2N2/c33-18-29(37)34-20-14-15-22-21-10-4-5-11-23(21)32-26(25(22)16-20)17-28(36-32)30-24-12-6-7-13-27(24)35-31(30)19-8-2-1-3-9-19;31-19-14-15-21-20-10-4-5-11-22(20)30-25(24(21)16-19)17-27(33-30)28-23-12-6-7-13-26(23)32-29(28)18-8-2-1-3-9-18;1-13-24(18-4-2-3-5-22(18)28-13)23-12-21-19-10-14(26)6-8-16(19)17-9-7-15(27)11-20(17)25(21)29-23;25-13-5-7-15-16-8-6-14(26)10-19(16)24-20(18(15)9-13)11-23(28-24)21-12-27-22-4-2-1-3-17(21)22/h1-16,35H,17-18,33H2,(H,34,37);1-16,32H,17,31H2;2-11,28H,12H2,1H3;1-10,12,27H,11H2. The van der Waals surface area contributed by atoms with Crippen molar-refractivity contribution in [3.8, 4) is 22.5 Å². The number of aliphatic imine (C=N–C) groups is 4. The van der Waals surface area contributed by atoms with E-state index in [0.717, 1.165) is 137 Å². The zero-order valence-electron chi connectivity index (χ0n) is 68.5. The molecule has 1 amide bonds. The van der Waals surface area contributed by atoms with E-state index in [1.807, 2.05) is 18.2 Å². The Morgan fingerprint density at radius 2 is 0.654 bits per heavy atom. The molecule has 0 radical (unpaired) electrons. The Labute approximate surface area is 784 Å². The second-order valence-corrected chi connectivity index (χ2v) is 37.9. The zero-order chi connectivity index (χ0) is 85.4. The molecule has 0 saturated carbocycles. The van der Waals surface area contributed by atoms with Crippen LogP contribution in [0.5, 0.6) is 0 Å². The van der Waals surface area contributed by atoms with Crippen LogP contribution in [0.2, 0.25) is 0 Å². The number of nitrogens with zero attached hydrogens (tertiary/aromatic N) is 4. The maximum Gasteiger partial charge on any atom is 0.238 e. The minimum atomic E-state index is -0.208. The average molecular weight is 2090 g/mol. The summed E-state index contributed by atoms with van der Waals surface area (Å²) in [5.41, 5.74) is 42.3. The SMILES string of the molecule is Cc1[nH]c2ccccc2c1C1=Nc2c(c3cc(I)ccc3c3ccc(I)cc23)C1.Ic1ccc2c(c1)c1c(c3cc(I)ccc32)N=C(c2c[nH]c3ccccc23)C1.NCC(=O)Nc1ccc2c(c1)c1c(c3ccccc32)N=C(c2c(-c3ccccc3)[nH]c3ccccc23)C1.Nc1ccc2c(c1)c1c(c3ccccc32)N=C(c2c(-c3ccccc3)[nH]c3ccccc23)C1. The molecule has 4 aliphatic heterocycles. The Bertz CT molecular complexity index is 8590. The van der Waals surface area contributed by atoms with Gasteiger partial charge in [0, 0.05) is 151 Å². The Hall–Kier alpha value is -13.0. The number of carbonyl (C=O) groups is 1. The van der Waals surface area contributed by atoms with Crippen molar-refractivity contribution in [2.75, 3.05) is 17.6 Å². The van der Waals surface area contributed by atoms with Crippen LogP contribution in [0.1, 0.15) is 50.2 Å². The number of aromatic nitrogens is 4. The maximum atomic E-state index is 12.0. The van der Waals surface area contributed by atoms with E-state index in [0.29, 0.717) is 6.42 Å². The molecule has 127 heavy (non-hydrogen) atoms. The molecule has 9 N–H and O–H groups in total. The molecule has 608 valence electrons. The molecule has 26 rings (SSSR count). The number of halogens is 4. The number of aryl methyl sites for hydroxylation is 1. The normalized spacial score (nSPS) is 13.1. The number of para-hydroxylation sites is 4. The Balaban J connectivity index is 0.0000000977. The van der Waals surface area contributed by atoms with Crippen LogP contribution in [-0.4, -0.2) is 55.2 Å². The molecule has 4 aliphatic rings. The van der Waals surface area contributed by atoms with Crippen molar-refractivity contribution in [1.82, 2.24) is 19.9 Å². The minimum absolute atomic E-state index is 0.0516. The molecule has 16 heteroatoms. The molecule has 4 aromatic heterocycles.